The van der Waals surface area contributed by atoms with Crippen LogP contribution in [0.1, 0.15) is 12.8 Å². The average molecular weight is 344 g/mol. The molecule has 1 fully saturated rings. The molecule has 1 N–H and O–H groups in total. The Bertz CT molecular complexity index is 732. The van der Waals surface area contributed by atoms with E-state index in [2.05, 4.69) is 0 Å². The molecule has 126 valence electrons. The molecule has 1 aromatic carbocycles. The van der Waals surface area contributed by atoms with Crippen molar-refractivity contribution in [2.45, 2.75) is 17.7 Å². The van der Waals surface area contributed by atoms with Crippen molar-refractivity contribution in [1.29, 1.82) is 0 Å². The number of hydrogen-bond acceptors (Lipinski definition) is 6. The maximum Gasteiger partial charge on any atom is 0.312 e. The van der Waals surface area contributed by atoms with E-state index >= 15 is 0 Å². The number of hydrogen-bond donors (Lipinski definition) is 1. The Hall–Kier alpha value is -2.20. The fraction of sp³-hybridized carbons (Fsp3) is 0.462. The second-order valence-corrected chi connectivity index (χ2v) is 7.07. The maximum absolute atomic E-state index is 12.6. The van der Waals surface area contributed by atoms with Gasteiger partial charge in [-0.1, -0.05) is 0 Å². The molecule has 1 aromatic rings. The Labute approximate surface area is 132 Å². The minimum absolute atomic E-state index is 0.0454. The lowest BCUT2D eigenvalue weighted by atomic mass is 10.0. The first-order chi connectivity index (χ1) is 10.8. The van der Waals surface area contributed by atoms with Crippen molar-refractivity contribution in [3.05, 3.63) is 28.3 Å². The van der Waals surface area contributed by atoms with Crippen LogP contribution in [0.4, 0.5) is 5.69 Å². The molecule has 9 nitrogen and oxygen atoms in total. The molecule has 1 unspecified atom stereocenters. The fourth-order valence-electron chi connectivity index (χ4n) is 2.48. The zero-order valence-electron chi connectivity index (χ0n) is 12.3. The first-order valence-corrected chi connectivity index (χ1v) is 8.26. The van der Waals surface area contributed by atoms with Crippen molar-refractivity contribution in [3.63, 3.8) is 0 Å². The zero-order valence-corrected chi connectivity index (χ0v) is 13.2. The van der Waals surface area contributed by atoms with Gasteiger partial charge in [-0.15, -0.1) is 0 Å². The second-order valence-electron chi connectivity index (χ2n) is 5.13. The molecule has 1 aliphatic heterocycles. The third kappa shape index (κ3) is 3.42. The number of sulfonamides is 1. The van der Waals surface area contributed by atoms with Crippen LogP contribution in [0, 0.1) is 16.0 Å². The van der Waals surface area contributed by atoms with Crippen molar-refractivity contribution >= 4 is 21.7 Å². The van der Waals surface area contributed by atoms with Gasteiger partial charge >= 0.3 is 11.7 Å². The normalized spacial score (nSPS) is 19.3. The molecule has 1 atom stereocenters. The summed E-state index contributed by atoms with van der Waals surface area (Å²) in [4.78, 5) is 21.1. The van der Waals surface area contributed by atoms with E-state index in [1.54, 1.807) is 0 Å². The van der Waals surface area contributed by atoms with Crippen LogP contribution in [0.3, 0.4) is 0 Å². The van der Waals surface area contributed by atoms with Crippen molar-refractivity contribution in [3.8, 4) is 5.75 Å². The monoisotopic (exact) mass is 344 g/mol. The number of carbonyl (C=O) groups is 1. The molecule has 1 heterocycles. The Morgan fingerprint density at radius 1 is 1.48 bits per heavy atom. The topological polar surface area (TPSA) is 127 Å². The van der Waals surface area contributed by atoms with Crippen molar-refractivity contribution in [2.24, 2.45) is 5.92 Å². The van der Waals surface area contributed by atoms with Gasteiger partial charge in [0.05, 0.1) is 22.8 Å². The van der Waals surface area contributed by atoms with E-state index in [4.69, 9.17) is 9.84 Å². The van der Waals surface area contributed by atoms with Gasteiger partial charge in [-0.2, -0.15) is 4.31 Å². The molecule has 0 radical (unpaired) electrons. The molecule has 0 bridgehead atoms. The molecular weight excluding hydrogens is 328 g/mol. The van der Waals surface area contributed by atoms with Gasteiger partial charge in [0.1, 0.15) is 0 Å². The molecule has 10 heteroatoms. The summed E-state index contributed by atoms with van der Waals surface area (Å²) in [5, 5.41) is 20.1. The number of nitro benzene ring substituents is 1. The Balaban J connectivity index is 2.38. The van der Waals surface area contributed by atoms with Gasteiger partial charge in [-0.05, 0) is 25.0 Å². The van der Waals surface area contributed by atoms with Crippen LogP contribution in [0.2, 0.25) is 0 Å². The lowest BCUT2D eigenvalue weighted by Gasteiger charge is -2.29. The predicted octanol–water partition coefficient (Wildman–Crippen LogP) is 1.09. The number of aliphatic carboxylic acids is 1. The number of rotatable bonds is 5. The first-order valence-electron chi connectivity index (χ1n) is 6.82. The van der Waals surface area contributed by atoms with Crippen molar-refractivity contribution in [1.82, 2.24) is 4.31 Å². The van der Waals surface area contributed by atoms with Crippen LogP contribution in [0.25, 0.3) is 0 Å². The molecule has 0 saturated carbocycles. The molecule has 0 aliphatic carbocycles. The third-order valence-electron chi connectivity index (χ3n) is 3.72. The van der Waals surface area contributed by atoms with Gasteiger partial charge in [0.2, 0.25) is 10.0 Å². The van der Waals surface area contributed by atoms with E-state index in [-0.39, 0.29) is 23.7 Å². The van der Waals surface area contributed by atoms with E-state index in [9.17, 15) is 23.3 Å². The maximum atomic E-state index is 12.6. The average Bonchev–Trinajstić information content (AvgIpc) is 2.54. The minimum Gasteiger partial charge on any atom is -0.490 e. The highest BCUT2D eigenvalue weighted by molar-refractivity contribution is 7.89. The SMILES string of the molecule is COc1ccc(S(=O)(=O)N2CCCC(C(=O)O)C2)cc1[N+](=O)[O-]. The number of carboxylic acid groups (broad SMARTS) is 1. The van der Waals surface area contributed by atoms with Gasteiger partial charge in [0.25, 0.3) is 0 Å². The van der Waals surface area contributed by atoms with E-state index in [0.717, 1.165) is 10.4 Å². The van der Waals surface area contributed by atoms with Crippen LogP contribution in [-0.2, 0) is 14.8 Å². The Morgan fingerprint density at radius 2 is 2.17 bits per heavy atom. The van der Waals surface area contributed by atoms with Crippen molar-refractivity contribution in [2.75, 3.05) is 20.2 Å². The number of methoxy groups -OCH3 is 1. The van der Waals surface area contributed by atoms with E-state index in [1.165, 1.54) is 19.2 Å². The summed E-state index contributed by atoms with van der Waals surface area (Å²) in [6.45, 7) is 0.0451. The van der Waals surface area contributed by atoms with Gasteiger partial charge in [-0.3, -0.25) is 14.9 Å². The van der Waals surface area contributed by atoms with Crippen LogP contribution < -0.4 is 4.74 Å². The summed E-state index contributed by atoms with van der Waals surface area (Å²) in [5.41, 5.74) is -0.458. The molecule has 23 heavy (non-hydrogen) atoms. The highest BCUT2D eigenvalue weighted by atomic mass is 32.2. The van der Waals surface area contributed by atoms with Crippen LogP contribution >= 0.6 is 0 Å². The largest absolute Gasteiger partial charge is 0.490 e. The third-order valence-corrected chi connectivity index (χ3v) is 5.58. The van der Waals surface area contributed by atoms with Gasteiger partial charge in [-0.25, -0.2) is 8.42 Å². The summed E-state index contributed by atoms with van der Waals surface area (Å²) in [5.74, 6) is -1.87. The Kier molecular flexibility index (Phi) is 4.85. The number of carboxylic acids is 1. The summed E-state index contributed by atoms with van der Waals surface area (Å²) >= 11 is 0. The highest BCUT2D eigenvalue weighted by Crippen LogP contribution is 2.31. The van der Waals surface area contributed by atoms with Crippen LogP contribution in [0.15, 0.2) is 23.1 Å². The molecule has 2 rings (SSSR count). The van der Waals surface area contributed by atoms with Crippen molar-refractivity contribution < 1.29 is 28.0 Å². The second kappa shape index (κ2) is 6.50. The standard InChI is InChI=1S/C13H16N2O7S/c1-22-12-5-4-10(7-11(12)15(18)19)23(20,21)14-6-2-3-9(8-14)13(16)17/h4-5,7,9H,2-3,6,8H2,1H3,(H,16,17). The molecular formula is C13H16N2O7S. The summed E-state index contributed by atoms with van der Waals surface area (Å²) in [7, 11) is -2.75. The van der Waals surface area contributed by atoms with E-state index < -0.39 is 32.5 Å². The summed E-state index contributed by atoms with van der Waals surface area (Å²) in [6.07, 6.45) is 0.832. The van der Waals surface area contributed by atoms with Gasteiger partial charge < -0.3 is 9.84 Å². The number of benzene rings is 1. The number of piperidine rings is 1. The zero-order chi connectivity index (χ0) is 17.2. The van der Waals surface area contributed by atoms with Gasteiger partial charge in [0, 0.05) is 19.2 Å². The molecule has 1 aliphatic rings. The lowest BCUT2D eigenvalue weighted by molar-refractivity contribution is -0.386. The number of ether oxygens (including phenoxy) is 1. The number of nitrogens with zero attached hydrogens (tertiary/aromatic N) is 2. The van der Waals surface area contributed by atoms with Crippen LogP contribution in [-0.4, -0.2) is 48.9 Å². The van der Waals surface area contributed by atoms with Crippen LogP contribution in [0.5, 0.6) is 5.75 Å². The van der Waals surface area contributed by atoms with Gasteiger partial charge in [0.15, 0.2) is 5.75 Å². The molecule has 0 amide bonds. The van der Waals surface area contributed by atoms with E-state index in [1.807, 2.05) is 0 Å². The lowest BCUT2D eigenvalue weighted by Crippen LogP contribution is -2.42. The fourth-order valence-corrected chi connectivity index (χ4v) is 4.03. The smallest absolute Gasteiger partial charge is 0.312 e. The molecule has 1 saturated heterocycles. The molecule has 0 aromatic heterocycles. The Morgan fingerprint density at radius 3 is 2.74 bits per heavy atom. The highest BCUT2D eigenvalue weighted by Gasteiger charge is 2.34. The minimum atomic E-state index is -4.00. The number of nitro groups is 1. The summed E-state index contributed by atoms with van der Waals surface area (Å²) in [6, 6.07) is 3.35. The predicted molar refractivity (Wildman–Crippen MR) is 78.8 cm³/mol. The first kappa shape index (κ1) is 17.2. The summed E-state index contributed by atoms with van der Waals surface area (Å²) < 4.78 is 31.1. The quantitative estimate of drug-likeness (QED) is 0.625. The van der Waals surface area contributed by atoms with E-state index in [0.29, 0.717) is 12.8 Å². The molecule has 0 spiro atoms.